The van der Waals surface area contributed by atoms with Crippen molar-refractivity contribution in [2.24, 2.45) is 23.2 Å². The van der Waals surface area contributed by atoms with Gasteiger partial charge in [0.2, 0.25) is 5.91 Å². The quantitative estimate of drug-likeness (QED) is 0.797. The summed E-state index contributed by atoms with van der Waals surface area (Å²) in [6, 6.07) is 8.77. The van der Waals surface area contributed by atoms with Crippen molar-refractivity contribution < 1.29 is 4.79 Å². The minimum atomic E-state index is -0.140. The number of aromatic nitrogens is 2. The summed E-state index contributed by atoms with van der Waals surface area (Å²) < 4.78 is 0. The molecule has 0 saturated heterocycles. The van der Waals surface area contributed by atoms with Gasteiger partial charge in [0.1, 0.15) is 12.1 Å². The average molecular weight is 417 g/mol. The van der Waals surface area contributed by atoms with Crippen molar-refractivity contribution >= 4 is 11.7 Å². The lowest BCUT2D eigenvalue weighted by atomic mass is 9.49. The van der Waals surface area contributed by atoms with Gasteiger partial charge in [-0.15, -0.1) is 0 Å². The molecule has 0 spiro atoms. The first-order chi connectivity index (χ1) is 15.1. The Kier molecular flexibility index (Phi) is 4.64. The van der Waals surface area contributed by atoms with E-state index in [0.717, 1.165) is 80.1 Å². The molecule has 7 rings (SSSR count). The van der Waals surface area contributed by atoms with Gasteiger partial charge in [-0.2, -0.15) is 0 Å². The summed E-state index contributed by atoms with van der Waals surface area (Å²) >= 11 is 0. The lowest BCUT2D eigenvalue weighted by Crippen LogP contribution is -2.52. The van der Waals surface area contributed by atoms with Crippen molar-refractivity contribution in [3.63, 3.8) is 0 Å². The zero-order valence-corrected chi connectivity index (χ0v) is 18.4. The first-order valence-corrected chi connectivity index (χ1v) is 12.0. The maximum absolute atomic E-state index is 13.5. The minimum Gasteiger partial charge on any atom is -0.310 e. The molecule has 0 radical (unpaired) electrons. The molecule has 5 nitrogen and oxygen atoms in total. The third-order valence-electron chi connectivity index (χ3n) is 8.36. The monoisotopic (exact) mass is 416 g/mol. The Labute approximate surface area is 184 Å². The van der Waals surface area contributed by atoms with Gasteiger partial charge in [-0.3, -0.25) is 9.69 Å². The molecule has 1 N–H and O–H groups in total. The first-order valence-electron chi connectivity index (χ1n) is 12.0. The molecule has 5 aliphatic rings. The molecular weight excluding hydrogens is 384 g/mol. The number of aryl methyl sites for hydroxylation is 1. The molecule has 1 aromatic carbocycles. The van der Waals surface area contributed by atoms with Crippen LogP contribution in [0.5, 0.6) is 0 Å². The number of nitrogens with zero attached hydrogens (tertiary/aromatic N) is 3. The highest BCUT2D eigenvalue weighted by molar-refractivity contribution is 5.95. The molecule has 2 aromatic rings. The fourth-order valence-corrected chi connectivity index (χ4v) is 7.23. The van der Waals surface area contributed by atoms with Crippen LogP contribution in [0.15, 0.2) is 30.6 Å². The first kappa shape index (κ1) is 19.4. The van der Waals surface area contributed by atoms with E-state index in [9.17, 15) is 4.79 Å². The maximum Gasteiger partial charge on any atom is 0.231 e. The molecular formula is C26H32N4O. The van der Waals surface area contributed by atoms with Crippen LogP contribution in [-0.4, -0.2) is 27.3 Å². The van der Waals surface area contributed by atoms with Crippen LogP contribution >= 0.6 is 0 Å². The van der Waals surface area contributed by atoms with E-state index in [4.69, 9.17) is 0 Å². The van der Waals surface area contributed by atoms with Gasteiger partial charge >= 0.3 is 0 Å². The largest absolute Gasteiger partial charge is 0.310 e. The van der Waals surface area contributed by atoms with Crippen LogP contribution in [0.2, 0.25) is 0 Å². The number of amides is 1. The Bertz CT molecular complexity index is 964. The van der Waals surface area contributed by atoms with E-state index < -0.39 is 0 Å². The Morgan fingerprint density at radius 1 is 1.06 bits per heavy atom. The summed E-state index contributed by atoms with van der Waals surface area (Å²) in [5.41, 5.74) is 4.69. The molecule has 5 heteroatoms. The predicted molar refractivity (Wildman–Crippen MR) is 120 cm³/mol. The molecule has 31 heavy (non-hydrogen) atoms. The van der Waals surface area contributed by atoms with Crippen LogP contribution in [0.1, 0.15) is 60.9 Å². The molecule has 162 valence electrons. The summed E-state index contributed by atoms with van der Waals surface area (Å²) in [5.74, 6) is 3.31. The maximum atomic E-state index is 13.5. The van der Waals surface area contributed by atoms with Crippen LogP contribution in [0, 0.1) is 30.1 Å². The third kappa shape index (κ3) is 3.57. The Morgan fingerprint density at radius 3 is 2.42 bits per heavy atom. The summed E-state index contributed by atoms with van der Waals surface area (Å²) in [7, 11) is 0. The van der Waals surface area contributed by atoms with Crippen LogP contribution in [0.3, 0.4) is 0 Å². The van der Waals surface area contributed by atoms with E-state index in [1.54, 1.807) is 6.33 Å². The molecule has 0 atom stereocenters. The van der Waals surface area contributed by atoms with Gasteiger partial charge < -0.3 is 5.32 Å². The number of carbonyl (C=O) groups is 1. The van der Waals surface area contributed by atoms with E-state index in [0.29, 0.717) is 0 Å². The number of carbonyl (C=O) groups excluding carboxylic acids is 1. The van der Waals surface area contributed by atoms with E-state index in [1.165, 1.54) is 30.4 Å². The highest BCUT2D eigenvalue weighted by atomic mass is 16.2. The van der Waals surface area contributed by atoms with Crippen molar-refractivity contribution in [1.29, 1.82) is 0 Å². The van der Waals surface area contributed by atoms with Crippen molar-refractivity contribution in [1.82, 2.24) is 14.9 Å². The molecule has 1 aromatic heterocycles. The number of anilines is 1. The highest BCUT2D eigenvalue weighted by Crippen LogP contribution is 2.60. The number of hydrogen-bond donors (Lipinski definition) is 1. The third-order valence-corrected chi connectivity index (χ3v) is 8.36. The smallest absolute Gasteiger partial charge is 0.231 e. The van der Waals surface area contributed by atoms with Gasteiger partial charge in [-0.25, -0.2) is 9.97 Å². The fraction of sp³-hybridized carbons (Fsp3) is 0.577. The fourth-order valence-electron chi connectivity index (χ4n) is 7.23. The van der Waals surface area contributed by atoms with Crippen molar-refractivity contribution in [2.45, 2.75) is 65.0 Å². The standard InChI is InChI=1S/C26H32N4O/c1-17-2-4-18(5-3-17)14-30-7-6-22-23(15-30)27-16-28-24(22)29-25(31)26-11-19-8-20(12-26)10-21(9-19)13-26/h2-5,16,19-21H,6-15H2,1H3,(H,27,28,29,31). The molecule has 2 heterocycles. The van der Waals surface area contributed by atoms with Crippen molar-refractivity contribution in [2.75, 3.05) is 11.9 Å². The van der Waals surface area contributed by atoms with E-state index in [2.05, 4.69) is 51.4 Å². The summed E-state index contributed by atoms with van der Waals surface area (Å²) in [6.07, 6.45) is 9.83. The second-order valence-electron chi connectivity index (χ2n) is 10.7. The Hall–Kier alpha value is -2.27. The second kappa shape index (κ2) is 7.40. The minimum absolute atomic E-state index is 0.140. The number of benzene rings is 1. The Morgan fingerprint density at radius 2 is 1.74 bits per heavy atom. The van der Waals surface area contributed by atoms with Gasteiger partial charge in [-0.05, 0) is 75.2 Å². The van der Waals surface area contributed by atoms with E-state index in [-0.39, 0.29) is 11.3 Å². The lowest BCUT2D eigenvalue weighted by Gasteiger charge is -2.55. The highest BCUT2D eigenvalue weighted by Gasteiger charge is 2.54. The van der Waals surface area contributed by atoms with Crippen LogP contribution < -0.4 is 5.32 Å². The van der Waals surface area contributed by atoms with Crippen LogP contribution in [-0.2, 0) is 24.3 Å². The molecule has 4 saturated carbocycles. The van der Waals surface area contributed by atoms with E-state index in [1.807, 2.05) is 0 Å². The SMILES string of the molecule is Cc1ccc(CN2CCc3c(ncnc3NC(=O)C34CC5CC(CC(C5)C3)C4)C2)cc1. The number of rotatable bonds is 4. The van der Waals surface area contributed by atoms with Crippen LogP contribution in [0.4, 0.5) is 5.82 Å². The van der Waals surface area contributed by atoms with Gasteiger partial charge in [0.05, 0.1) is 11.1 Å². The molecule has 1 amide bonds. The Balaban J connectivity index is 1.17. The topological polar surface area (TPSA) is 58.1 Å². The van der Waals surface area contributed by atoms with Gasteiger partial charge in [0, 0.05) is 25.2 Å². The number of fused-ring (bicyclic) bond motifs is 1. The van der Waals surface area contributed by atoms with Gasteiger partial charge in [0.15, 0.2) is 0 Å². The van der Waals surface area contributed by atoms with Crippen LogP contribution in [0.25, 0.3) is 0 Å². The molecule has 0 unspecified atom stereocenters. The average Bonchev–Trinajstić information content (AvgIpc) is 2.74. The van der Waals surface area contributed by atoms with E-state index >= 15 is 0 Å². The summed E-state index contributed by atoms with van der Waals surface area (Å²) in [5, 5.41) is 3.29. The number of nitrogens with one attached hydrogen (secondary N) is 1. The molecule has 1 aliphatic heterocycles. The van der Waals surface area contributed by atoms with Crippen molar-refractivity contribution in [3.05, 3.63) is 53.0 Å². The van der Waals surface area contributed by atoms with Crippen molar-refractivity contribution in [3.8, 4) is 0 Å². The molecule has 4 bridgehead atoms. The second-order valence-corrected chi connectivity index (χ2v) is 10.7. The summed E-state index contributed by atoms with van der Waals surface area (Å²) in [6.45, 7) is 4.83. The normalized spacial score (nSPS) is 31.5. The lowest BCUT2D eigenvalue weighted by molar-refractivity contribution is -0.140. The van der Waals surface area contributed by atoms with Gasteiger partial charge in [0.25, 0.3) is 0 Å². The zero-order valence-electron chi connectivity index (χ0n) is 18.4. The van der Waals surface area contributed by atoms with Gasteiger partial charge in [-0.1, -0.05) is 29.8 Å². The molecule has 4 fully saturated rings. The summed E-state index contributed by atoms with van der Waals surface area (Å²) in [4.78, 5) is 25.0. The number of hydrogen-bond acceptors (Lipinski definition) is 4. The zero-order chi connectivity index (χ0) is 21.0. The predicted octanol–water partition coefficient (Wildman–Crippen LogP) is 4.50. The molecule has 4 aliphatic carbocycles.